The van der Waals surface area contributed by atoms with E-state index in [4.69, 9.17) is 4.52 Å². The van der Waals surface area contributed by atoms with Gasteiger partial charge in [0.15, 0.2) is 0 Å². The number of halogens is 3. The largest absolute Gasteiger partial charge is 0.467 e. The van der Waals surface area contributed by atoms with Crippen molar-refractivity contribution < 1.29 is 41.6 Å². The lowest BCUT2D eigenvalue weighted by Gasteiger charge is -2.18. The summed E-state index contributed by atoms with van der Waals surface area (Å²) in [5, 5.41) is 10.8. The van der Waals surface area contributed by atoms with Gasteiger partial charge in [0, 0.05) is 23.0 Å². The predicted molar refractivity (Wildman–Crippen MR) is 129 cm³/mol. The van der Waals surface area contributed by atoms with Crippen LogP contribution < -0.4 is 16.0 Å². The van der Waals surface area contributed by atoms with Crippen molar-refractivity contribution in [3.05, 3.63) is 65.9 Å². The molecule has 1 unspecified atom stereocenters. The van der Waals surface area contributed by atoms with Crippen LogP contribution in [0.1, 0.15) is 30.0 Å². The second-order valence-electron chi connectivity index (χ2n) is 8.36. The molecule has 2 aromatic carbocycles. The molecule has 3 N–H and O–H groups in total. The van der Waals surface area contributed by atoms with Crippen LogP contribution in [0, 0.1) is 5.92 Å². The molecule has 0 bridgehead atoms. The number of benzene rings is 2. The minimum atomic E-state index is -4.60. The van der Waals surface area contributed by atoms with Gasteiger partial charge in [0.1, 0.15) is 11.7 Å². The number of amides is 3. The second kappa shape index (κ2) is 11.6. The van der Waals surface area contributed by atoms with Crippen LogP contribution in [0.3, 0.4) is 0 Å². The van der Waals surface area contributed by atoms with Crippen LogP contribution in [-0.2, 0) is 25.3 Å². The number of rotatable bonds is 7. The first-order valence-electron chi connectivity index (χ1n) is 11.1. The number of nitrogens with one attached hydrogen (secondary N) is 3. The number of nitrogens with zero attached hydrogens (tertiary/aromatic N) is 1. The van der Waals surface area contributed by atoms with Crippen LogP contribution in [0.5, 0.6) is 0 Å². The minimum Gasteiger partial charge on any atom is -0.467 e. The number of anilines is 2. The van der Waals surface area contributed by atoms with Crippen LogP contribution in [0.2, 0.25) is 0 Å². The van der Waals surface area contributed by atoms with E-state index in [1.165, 1.54) is 43.5 Å². The monoisotopic (exact) mass is 532 g/mol. The molecule has 1 aromatic heterocycles. The molecule has 0 aliphatic carbocycles. The van der Waals surface area contributed by atoms with Crippen LogP contribution in [0.25, 0.3) is 11.3 Å². The topological polar surface area (TPSA) is 140 Å². The lowest BCUT2D eigenvalue weighted by molar-refractivity contribution is -0.144. The van der Waals surface area contributed by atoms with Crippen molar-refractivity contribution >= 4 is 35.1 Å². The maximum Gasteiger partial charge on any atom is 0.416 e. The van der Waals surface area contributed by atoms with E-state index in [9.17, 15) is 32.3 Å². The molecule has 0 spiro atoms. The molecule has 0 saturated heterocycles. The van der Waals surface area contributed by atoms with Crippen molar-refractivity contribution in [3.8, 4) is 11.3 Å². The molecule has 200 valence electrons. The third-order valence-electron chi connectivity index (χ3n) is 5.23. The van der Waals surface area contributed by atoms with Crippen molar-refractivity contribution in [2.45, 2.75) is 26.1 Å². The molecular weight excluding hydrogens is 509 g/mol. The van der Waals surface area contributed by atoms with E-state index < -0.39 is 41.5 Å². The Morgan fingerprint density at radius 3 is 2.13 bits per heavy atom. The van der Waals surface area contributed by atoms with Crippen molar-refractivity contribution in [2.24, 2.45) is 5.92 Å². The Morgan fingerprint density at radius 2 is 1.55 bits per heavy atom. The Kier molecular flexibility index (Phi) is 8.50. The molecule has 10 nitrogen and oxygen atoms in total. The number of ether oxygens (including phenoxy) is 1. The molecular formula is C25H23F3N4O6. The minimum absolute atomic E-state index is 0.141. The Labute approximate surface area is 214 Å². The predicted octanol–water partition coefficient (Wildman–Crippen LogP) is 3.87. The van der Waals surface area contributed by atoms with E-state index >= 15 is 0 Å². The first kappa shape index (κ1) is 27.9. The van der Waals surface area contributed by atoms with Gasteiger partial charge in [-0.1, -0.05) is 37.2 Å². The summed E-state index contributed by atoms with van der Waals surface area (Å²) in [7, 11) is 1.21. The maximum absolute atomic E-state index is 12.8. The van der Waals surface area contributed by atoms with E-state index in [1.54, 1.807) is 13.8 Å². The van der Waals surface area contributed by atoms with E-state index in [1.807, 2.05) is 0 Å². The third kappa shape index (κ3) is 6.96. The smallest absolute Gasteiger partial charge is 0.416 e. The molecule has 13 heteroatoms. The highest BCUT2D eigenvalue weighted by Gasteiger charge is 2.31. The standard InChI is InChI=1S/C25H23F3N4O6/c1-13(2)20(24(36)37-3)31-21(33)19-12-18(32-38-19)14-7-9-16(10-8-14)29-22(34)23(35)30-17-6-4-5-15(11-17)25(26,27)28/h4-13,20H,1-3H3,(H,29,34)(H,30,35)(H,31,33). The molecule has 38 heavy (non-hydrogen) atoms. The zero-order valence-electron chi connectivity index (χ0n) is 20.4. The summed E-state index contributed by atoms with van der Waals surface area (Å²) in [5.74, 6) is -3.90. The Morgan fingerprint density at radius 1 is 0.921 bits per heavy atom. The Bertz CT molecular complexity index is 1340. The number of hydrogen-bond acceptors (Lipinski definition) is 7. The first-order valence-corrected chi connectivity index (χ1v) is 11.1. The summed E-state index contributed by atoms with van der Waals surface area (Å²) in [6.45, 7) is 3.48. The molecule has 1 atom stereocenters. The summed E-state index contributed by atoms with van der Waals surface area (Å²) in [6.07, 6.45) is -4.60. The Balaban J connectivity index is 1.62. The quantitative estimate of drug-likeness (QED) is 0.310. The number of aromatic nitrogens is 1. The number of methoxy groups -OCH3 is 1. The third-order valence-corrected chi connectivity index (χ3v) is 5.23. The zero-order valence-corrected chi connectivity index (χ0v) is 20.4. The van der Waals surface area contributed by atoms with Gasteiger partial charge in [-0.3, -0.25) is 14.4 Å². The number of esters is 1. The van der Waals surface area contributed by atoms with E-state index in [-0.39, 0.29) is 28.7 Å². The second-order valence-corrected chi connectivity index (χ2v) is 8.36. The lowest BCUT2D eigenvalue weighted by atomic mass is 10.0. The zero-order chi connectivity index (χ0) is 28.0. The van der Waals surface area contributed by atoms with Gasteiger partial charge in [-0.25, -0.2) is 4.79 Å². The van der Waals surface area contributed by atoms with Crippen molar-refractivity contribution in [2.75, 3.05) is 17.7 Å². The normalized spacial score (nSPS) is 12.0. The molecule has 3 aromatic rings. The molecule has 1 heterocycles. The lowest BCUT2D eigenvalue weighted by Crippen LogP contribution is -2.44. The van der Waals surface area contributed by atoms with Crippen LogP contribution in [-0.4, -0.2) is 42.0 Å². The molecule has 0 saturated carbocycles. The van der Waals surface area contributed by atoms with Gasteiger partial charge >= 0.3 is 24.0 Å². The van der Waals surface area contributed by atoms with Crippen LogP contribution in [0.15, 0.2) is 59.1 Å². The summed E-state index contributed by atoms with van der Waals surface area (Å²) in [6, 6.07) is 10.3. The average molecular weight is 532 g/mol. The summed E-state index contributed by atoms with van der Waals surface area (Å²) >= 11 is 0. The van der Waals surface area contributed by atoms with Crippen LogP contribution in [0.4, 0.5) is 24.5 Å². The number of alkyl halides is 3. The van der Waals surface area contributed by atoms with E-state index in [0.717, 1.165) is 12.1 Å². The van der Waals surface area contributed by atoms with Crippen LogP contribution >= 0.6 is 0 Å². The van der Waals surface area contributed by atoms with Crippen molar-refractivity contribution in [1.29, 1.82) is 0 Å². The fourth-order valence-electron chi connectivity index (χ4n) is 3.23. The van der Waals surface area contributed by atoms with E-state index in [2.05, 4.69) is 25.8 Å². The van der Waals surface area contributed by atoms with Gasteiger partial charge in [-0.15, -0.1) is 0 Å². The molecule has 3 amide bonds. The van der Waals surface area contributed by atoms with Gasteiger partial charge in [0.25, 0.3) is 5.91 Å². The number of carbonyl (C=O) groups excluding carboxylic acids is 4. The average Bonchev–Trinajstić information content (AvgIpc) is 3.37. The maximum atomic E-state index is 12.8. The molecule has 0 fully saturated rings. The molecule has 0 radical (unpaired) electrons. The van der Waals surface area contributed by atoms with E-state index in [0.29, 0.717) is 11.6 Å². The highest BCUT2D eigenvalue weighted by Crippen LogP contribution is 2.30. The number of carbonyl (C=O) groups is 4. The molecule has 3 rings (SSSR count). The molecule has 0 aliphatic heterocycles. The van der Waals surface area contributed by atoms with Gasteiger partial charge < -0.3 is 25.2 Å². The van der Waals surface area contributed by atoms with Gasteiger partial charge in [-0.2, -0.15) is 13.2 Å². The summed E-state index contributed by atoms with van der Waals surface area (Å²) in [5.41, 5.74) is -0.144. The SMILES string of the molecule is COC(=O)C(NC(=O)c1cc(-c2ccc(NC(=O)C(=O)Nc3cccc(C(F)(F)F)c3)cc2)no1)C(C)C. The number of hydrogen-bond donors (Lipinski definition) is 3. The summed E-state index contributed by atoms with van der Waals surface area (Å²) < 4.78 is 48.3. The van der Waals surface area contributed by atoms with Crippen molar-refractivity contribution in [1.82, 2.24) is 10.5 Å². The highest BCUT2D eigenvalue weighted by molar-refractivity contribution is 6.43. The fourth-order valence-corrected chi connectivity index (χ4v) is 3.23. The fraction of sp³-hybridized carbons (Fsp3) is 0.240. The van der Waals surface area contributed by atoms with Gasteiger partial charge in [-0.05, 0) is 36.2 Å². The summed E-state index contributed by atoms with van der Waals surface area (Å²) in [4.78, 5) is 48.6. The van der Waals surface area contributed by atoms with Crippen molar-refractivity contribution in [3.63, 3.8) is 0 Å². The molecule has 0 aliphatic rings. The Hall–Kier alpha value is -4.68. The first-order chi connectivity index (χ1) is 17.9. The van der Waals surface area contributed by atoms with Gasteiger partial charge in [0.05, 0.1) is 12.7 Å². The highest BCUT2D eigenvalue weighted by atomic mass is 19.4. The van der Waals surface area contributed by atoms with Gasteiger partial charge in [0.2, 0.25) is 5.76 Å².